The van der Waals surface area contributed by atoms with Gasteiger partial charge in [-0.2, -0.15) is 0 Å². The van der Waals surface area contributed by atoms with Gasteiger partial charge in [-0.1, -0.05) is 6.92 Å². The smallest absolute Gasteiger partial charge is 0.160 e. The van der Waals surface area contributed by atoms with E-state index < -0.39 is 0 Å². The number of rotatable bonds is 6. The Morgan fingerprint density at radius 1 is 1.38 bits per heavy atom. The van der Waals surface area contributed by atoms with Crippen molar-refractivity contribution >= 4 is 22.8 Å². The first-order chi connectivity index (χ1) is 9.95. The van der Waals surface area contributed by atoms with Crippen LogP contribution in [0.15, 0.2) is 12.3 Å². The lowest BCUT2D eigenvalue weighted by atomic mass is 10.2. The second-order valence-corrected chi connectivity index (χ2v) is 6.43. The molecule has 2 atom stereocenters. The van der Waals surface area contributed by atoms with E-state index >= 15 is 0 Å². The minimum absolute atomic E-state index is 0.118. The molecule has 0 spiro atoms. The predicted molar refractivity (Wildman–Crippen MR) is 88.9 cm³/mol. The van der Waals surface area contributed by atoms with E-state index in [1.807, 2.05) is 19.2 Å². The van der Waals surface area contributed by atoms with Crippen molar-refractivity contribution in [3.63, 3.8) is 0 Å². The third-order valence-corrected chi connectivity index (χ3v) is 4.44. The van der Waals surface area contributed by atoms with Crippen LogP contribution in [0.3, 0.4) is 0 Å². The Balaban J connectivity index is 2.33. The minimum Gasteiger partial charge on any atom is -0.310 e. The minimum atomic E-state index is -0.118. The van der Waals surface area contributed by atoms with Crippen LogP contribution in [0.1, 0.15) is 44.0 Å². The van der Waals surface area contributed by atoms with Crippen LogP contribution in [0.2, 0.25) is 0 Å². The Morgan fingerprint density at radius 2 is 2.10 bits per heavy atom. The van der Waals surface area contributed by atoms with Crippen LogP contribution in [0.4, 0.5) is 0 Å². The van der Waals surface area contributed by atoms with E-state index in [1.165, 1.54) is 0 Å². The second kappa shape index (κ2) is 6.75. The first-order valence-corrected chi connectivity index (χ1v) is 8.05. The van der Waals surface area contributed by atoms with Crippen LogP contribution in [0.25, 0.3) is 11.2 Å². The van der Waals surface area contributed by atoms with Gasteiger partial charge in [0.15, 0.2) is 5.65 Å². The molecule has 0 radical (unpaired) electrons. The van der Waals surface area contributed by atoms with E-state index in [9.17, 15) is 0 Å². The number of nitrogens with zero attached hydrogens (tertiary/aromatic N) is 4. The monoisotopic (exact) mass is 308 g/mol. The normalized spacial score (nSPS) is 14.8. The molecule has 2 rings (SSSR count). The van der Waals surface area contributed by atoms with Crippen molar-refractivity contribution in [2.45, 2.75) is 52.1 Å². The molecule has 4 nitrogen and oxygen atoms in total. The third kappa shape index (κ3) is 3.38. The van der Waals surface area contributed by atoms with Crippen LogP contribution in [0, 0.1) is 6.92 Å². The molecular weight excluding hydrogens is 284 g/mol. The van der Waals surface area contributed by atoms with E-state index in [1.54, 1.807) is 0 Å². The van der Waals surface area contributed by atoms with Crippen LogP contribution in [0.5, 0.6) is 0 Å². The average Bonchev–Trinajstić information content (AvgIpc) is 2.84. The number of pyridine rings is 1. The summed E-state index contributed by atoms with van der Waals surface area (Å²) < 4.78 is 2.17. The van der Waals surface area contributed by atoms with Gasteiger partial charge in [-0.05, 0) is 45.9 Å². The Labute approximate surface area is 132 Å². The summed E-state index contributed by atoms with van der Waals surface area (Å²) in [6, 6.07) is 2.57. The highest BCUT2D eigenvalue weighted by Crippen LogP contribution is 2.25. The fourth-order valence-corrected chi connectivity index (χ4v) is 2.64. The highest BCUT2D eigenvalue weighted by Gasteiger charge is 2.17. The van der Waals surface area contributed by atoms with Gasteiger partial charge in [0.25, 0.3) is 0 Å². The lowest BCUT2D eigenvalue weighted by molar-refractivity contribution is 0.242. The zero-order chi connectivity index (χ0) is 15.6. The Hall–Kier alpha value is -1.13. The number of likely N-dealkylation sites (N-methyl/N-ethyl adjacent to an activating group) is 1. The molecule has 0 bridgehead atoms. The zero-order valence-electron chi connectivity index (χ0n) is 13.6. The summed E-state index contributed by atoms with van der Waals surface area (Å²) in [6.45, 7) is 10.3. The van der Waals surface area contributed by atoms with Gasteiger partial charge < -0.3 is 9.47 Å². The maximum absolute atomic E-state index is 6.31. The lowest BCUT2D eigenvalue weighted by Gasteiger charge is -2.24. The number of hydrogen-bond donors (Lipinski definition) is 0. The van der Waals surface area contributed by atoms with Crippen molar-refractivity contribution in [3.8, 4) is 0 Å². The quantitative estimate of drug-likeness (QED) is 0.762. The van der Waals surface area contributed by atoms with E-state index in [4.69, 9.17) is 16.6 Å². The van der Waals surface area contributed by atoms with Crippen molar-refractivity contribution in [1.29, 1.82) is 0 Å². The summed E-state index contributed by atoms with van der Waals surface area (Å²) in [7, 11) is 2.16. The third-order valence-electron chi connectivity index (χ3n) is 4.24. The lowest BCUT2D eigenvalue weighted by Crippen LogP contribution is -2.31. The van der Waals surface area contributed by atoms with E-state index in [0.717, 1.165) is 42.1 Å². The number of aromatic nitrogens is 3. The van der Waals surface area contributed by atoms with Gasteiger partial charge in [-0.3, -0.25) is 0 Å². The van der Waals surface area contributed by atoms with Crippen LogP contribution < -0.4 is 0 Å². The molecule has 2 unspecified atom stereocenters. The molecule has 0 aliphatic heterocycles. The zero-order valence-corrected chi connectivity index (χ0v) is 14.4. The molecule has 0 saturated heterocycles. The molecule has 0 N–H and O–H groups in total. The number of imidazole rings is 1. The molecule has 116 valence electrons. The first kappa shape index (κ1) is 16.2. The topological polar surface area (TPSA) is 34.0 Å². The fourth-order valence-electron chi connectivity index (χ4n) is 2.47. The fraction of sp³-hybridized carbons (Fsp3) is 0.625. The molecule has 5 heteroatoms. The van der Waals surface area contributed by atoms with Crippen molar-refractivity contribution in [2.75, 3.05) is 13.6 Å². The molecular formula is C16H25ClN4. The summed E-state index contributed by atoms with van der Waals surface area (Å²) >= 11 is 6.31. The molecule has 0 aliphatic rings. The average molecular weight is 309 g/mol. The first-order valence-electron chi connectivity index (χ1n) is 7.61. The number of alkyl halides is 1. The summed E-state index contributed by atoms with van der Waals surface area (Å²) in [4.78, 5) is 11.6. The molecule has 0 fully saturated rings. The Kier molecular flexibility index (Phi) is 5.22. The summed E-state index contributed by atoms with van der Waals surface area (Å²) in [6.07, 6.45) is 2.99. The van der Waals surface area contributed by atoms with Gasteiger partial charge in [0.2, 0.25) is 0 Å². The molecule has 2 heterocycles. The molecule has 0 aromatic carbocycles. The number of aryl methyl sites for hydroxylation is 1. The van der Waals surface area contributed by atoms with E-state index in [0.29, 0.717) is 6.04 Å². The van der Waals surface area contributed by atoms with Gasteiger partial charge in [-0.25, -0.2) is 9.97 Å². The second-order valence-electron chi connectivity index (χ2n) is 5.78. The summed E-state index contributed by atoms with van der Waals surface area (Å²) in [5, 5.41) is -0.118. The van der Waals surface area contributed by atoms with E-state index in [-0.39, 0.29) is 5.38 Å². The van der Waals surface area contributed by atoms with Crippen molar-refractivity contribution in [2.24, 2.45) is 0 Å². The number of halogens is 1. The van der Waals surface area contributed by atoms with Gasteiger partial charge in [-0.15, -0.1) is 11.6 Å². The van der Waals surface area contributed by atoms with Crippen LogP contribution in [-0.2, 0) is 6.54 Å². The van der Waals surface area contributed by atoms with Crippen LogP contribution in [-0.4, -0.2) is 39.1 Å². The van der Waals surface area contributed by atoms with Crippen LogP contribution >= 0.6 is 11.6 Å². The maximum Gasteiger partial charge on any atom is 0.160 e. The molecule has 0 saturated carbocycles. The predicted octanol–water partition coefficient (Wildman–Crippen LogP) is 3.77. The van der Waals surface area contributed by atoms with E-state index in [2.05, 4.69) is 42.3 Å². The molecule has 0 aliphatic carbocycles. The molecule has 0 amide bonds. The largest absolute Gasteiger partial charge is 0.310 e. The highest BCUT2D eigenvalue weighted by atomic mass is 35.5. The van der Waals surface area contributed by atoms with Crippen molar-refractivity contribution in [1.82, 2.24) is 19.4 Å². The Morgan fingerprint density at radius 3 is 2.71 bits per heavy atom. The molecule has 2 aromatic rings. The SMILES string of the molecule is CCC(C)N(C)CCn1c(C(C)Cl)nc2c(C)ccnc21. The highest BCUT2D eigenvalue weighted by molar-refractivity contribution is 6.20. The molecule has 2 aromatic heterocycles. The maximum atomic E-state index is 6.31. The molecule has 21 heavy (non-hydrogen) atoms. The van der Waals surface area contributed by atoms with Gasteiger partial charge >= 0.3 is 0 Å². The summed E-state index contributed by atoms with van der Waals surface area (Å²) in [5.74, 6) is 0.908. The summed E-state index contributed by atoms with van der Waals surface area (Å²) in [5.41, 5.74) is 3.05. The van der Waals surface area contributed by atoms with Crippen molar-refractivity contribution in [3.05, 3.63) is 23.7 Å². The Bertz CT molecular complexity index is 606. The van der Waals surface area contributed by atoms with Gasteiger partial charge in [0, 0.05) is 25.3 Å². The number of fused-ring (bicyclic) bond motifs is 1. The van der Waals surface area contributed by atoms with Crippen molar-refractivity contribution < 1.29 is 0 Å². The van der Waals surface area contributed by atoms with Gasteiger partial charge in [0.1, 0.15) is 11.3 Å². The standard InChI is InChI=1S/C16H25ClN4/c1-6-12(3)20(5)9-10-21-15(13(4)17)19-14-11(2)7-8-18-16(14)21/h7-8,12-13H,6,9-10H2,1-5H3. The van der Waals surface area contributed by atoms with Gasteiger partial charge in [0.05, 0.1) is 5.38 Å². The number of hydrogen-bond acceptors (Lipinski definition) is 3.